The zero-order valence-corrected chi connectivity index (χ0v) is 18.7. The molecule has 0 saturated heterocycles. The Labute approximate surface area is 192 Å². The SMILES string of the molecule is Cc1ccc(NS(=O)(=O)Cc2cccc(C(F)(F)F)c2)c(=O)n1CC(=O)NCCONC(=N)N. The van der Waals surface area contributed by atoms with Crippen LogP contribution in [-0.4, -0.2) is 38.0 Å². The monoisotopic (exact) mass is 504 g/mol. The van der Waals surface area contributed by atoms with E-state index < -0.39 is 51.5 Å². The van der Waals surface area contributed by atoms with Gasteiger partial charge in [-0.1, -0.05) is 18.2 Å². The molecule has 1 aromatic heterocycles. The standard InChI is InChI=1S/C19H23F3N6O5S/c1-12-5-6-15(17(30)28(12)10-16(29)25-7-8-33-26-18(23)24)27-34(31,32)11-13-3-2-4-14(9-13)19(20,21)22/h2-6,9,27H,7-8,10-11H2,1H3,(H,25,29)(H4,23,24,26). The van der Waals surface area contributed by atoms with Crippen molar-refractivity contribution in [2.75, 3.05) is 17.9 Å². The van der Waals surface area contributed by atoms with Crippen molar-refractivity contribution in [2.24, 2.45) is 5.73 Å². The lowest BCUT2D eigenvalue weighted by Gasteiger charge is -2.14. The van der Waals surface area contributed by atoms with Crippen molar-refractivity contribution in [3.8, 4) is 0 Å². The van der Waals surface area contributed by atoms with Crippen LogP contribution in [0.1, 0.15) is 16.8 Å². The minimum absolute atomic E-state index is 0.0193. The molecule has 11 nitrogen and oxygen atoms in total. The van der Waals surface area contributed by atoms with E-state index in [4.69, 9.17) is 16.0 Å². The van der Waals surface area contributed by atoms with Crippen LogP contribution in [-0.2, 0) is 38.1 Å². The first kappa shape index (κ1) is 26.7. The van der Waals surface area contributed by atoms with Crippen LogP contribution in [0.4, 0.5) is 18.9 Å². The third-order valence-corrected chi connectivity index (χ3v) is 5.52. The molecule has 0 unspecified atom stereocenters. The highest BCUT2D eigenvalue weighted by atomic mass is 32.2. The first-order valence-corrected chi connectivity index (χ1v) is 11.3. The number of nitrogens with two attached hydrogens (primary N) is 1. The first-order valence-electron chi connectivity index (χ1n) is 9.64. The van der Waals surface area contributed by atoms with Crippen LogP contribution in [0.5, 0.6) is 0 Å². The van der Waals surface area contributed by atoms with E-state index in [1.165, 1.54) is 25.1 Å². The van der Waals surface area contributed by atoms with Crippen molar-refractivity contribution in [3.63, 3.8) is 0 Å². The highest BCUT2D eigenvalue weighted by molar-refractivity contribution is 7.91. The minimum atomic E-state index is -4.63. The molecule has 6 N–H and O–H groups in total. The van der Waals surface area contributed by atoms with E-state index in [1.54, 1.807) is 0 Å². The summed E-state index contributed by atoms with van der Waals surface area (Å²) in [5, 5.41) is 9.38. The maximum atomic E-state index is 12.9. The molecule has 1 aromatic carbocycles. The Hall–Kier alpha value is -3.59. The number of guanidine groups is 1. The Bertz CT molecular complexity index is 1210. The van der Waals surface area contributed by atoms with Crippen molar-refractivity contribution < 1.29 is 31.2 Å². The number of rotatable bonds is 10. The van der Waals surface area contributed by atoms with Crippen LogP contribution >= 0.6 is 0 Å². The Balaban J connectivity index is 2.09. The molecule has 0 saturated carbocycles. The number of hydrogen-bond donors (Lipinski definition) is 5. The highest BCUT2D eigenvalue weighted by Gasteiger charge is 2.30. The maximum absolute atomic E-state index is 12.9. The topological polar surface area (TPSA) is 168 Å². The molecule has 15 heteroatoms. The summed E-state index contributed by atoms with van der Waals surface area (Å²) < 4.78 is 66.7. The number of hydrogen-bond acceptors (Lipinski definition) is 6. The first-order chi connectivity index (χ1) is 15.8. The number of hydroxylamine groups is 1. The summed E-state index contributed by atoms with van der Waals surface area (Å²) >= 11 is 0. The lowest BCUT2D eigenvalue weighted by atomic mass is 10.1. The number of aryl methyl sites for hydroxylation is 1. The molecular formula is C19H23F3N6O5S. The third-order valence-electron chi connectivity index (χ3n) is 4.28. The van der Waals surface area contributed by atoms with Crippen LogP contribution in [0.2, 0.25) is 0 Å². The van der Waals surface area contributed by atoms with Crippen molar-refractivity contribution in [1.82, 2.24) is 15.4 Å². The number of anilines is 1. The van der Waals surface area contributed by atoms with Gasteiger partial charge >= 0.3 is 6.18 Å². The van der Waals surface area contributed by atoms with Crippen molar-refractivity contribution in [1.29, 1.82) is 5.41 Å². The van der Waals surface area contributed by atoms with Crippen LogP contribution < -0.4 is 26.8 Å². The Morgan fingerprint density at radius 2 is 1.94 bits per heavy atom. The number of nitrogens with zero attached hydrogens (tertiary/aromatic N) is 1. The Kier molecular flexibility index (Phi) is 8.64. The van der Waals surface area contributed by atoms with Gasteiger partial charge in [0.05, 0.1) is 17.9 Å². The van der Waals surface area contributed by atoms with E-state index in [0.29, 0.717) is 11.8 Å². The van der Waals surface area contributed by atoms with E-state index in [1.807, 2.05) is 0 Å². The average molecular weight is 504 g/mol. The van der Waals surface area contributed by atoms with Crippen molar-refractivity contribution >= 4 is 27.6 Å². The molecule has 0 bridgehead atoms. The molecule has 0 atom stereocenters. The fourth-order valence-electron chi connectivity index (χ4n) is 2.78. The van der Waals surface area contributed by atoms with E-state index in [9.17, 15) is 31.2 Å². The van der Waals surface area contributed by atoms with Crippen LogP contribution in [0, 0.1) is 12.3 Å². The predicted octanol–water partition coefficient (Wildman–Crippen LogP) is 0.648. The molecule has 34 heavy (non-hydrogen) atoms. The Morgan fingerprint density at radius 1 is 1.24 bits per heavy atom. The smallest absolute Gasteiger partial charge is 0.368 e. The van der Waals surface area contributed by atoms with Gasteiger partial charge < -0.3 is 15.6 Å². The van der Waals surface area contributed by atoms with E-state index >= 15 is 0 Å². The summed E-state index contributed by atoms with van der Waals surface area (Å²) in [6, 6.07) is 6.47. The minimum Gasteiger partial charge on any atom is -0.368 e. The van der Waals surface area contributed by atoms with E-state index in [-0.39, 0.29) is 24.4 Å². The number of alkyl halides is 3. The largest absolute Gasteiger partial charge is 0.416 e. The van der Waals surface area contributed by atoms with Gasteiger partial charge in [0.25, 0.3) is 5.56 Å². The molecule has 0 aliphatic rings. The van der Waals surface area contributed by atoms with Gasteiger partial charge in [-0.2, -0.15) is 13.2 Å². The quantitative estimate of drug-likeness (QED) is 0.137. The summed E-state index contributed by atoms with van der Waals surface area (Å²) in [7, 11) is -4.24. The Morgan fingerprint density at radius 3 is 2.59 bits per heavy atom. The number of nitrogens with one attached hydrogen (secondary N) is 4. The molecule has 0 aliphatic carbocycles. The number of carbonyl (C=O) groups excluding carboxylic acids is 1. The average Bonchev–Trinajstić information content (AvgIpc) is 2.72. The number of aromatic nitrogens is 1. The predicted molar refractivity (Wildman–Crippen MR) is 117 cm³/mol. The zero-order chi connectivity index (χ0) is 25.5. The molecule has 1 heterocycles. The molecule has 2 aromatic rings. The summed E-state index contributed by atoms with van der Waals surface area (Å²) in [6.45, 7) is 1.13. The van der Waals surface area contributed by atoms with Gasteiger partial charge in [-0.05, 0) is 30.7 Å². The fourth-order valence-corrected chi connectivity index (χ4v) is 3.96. The molecule has 1 amide bonds. The van der Waals surface area contributed by atoms with E-state index in [2.05, 4.69) is 15.5 Å². The summed E-state index contributed by atoms with van der Waals surface area (Å²) in [6.07, 6.45) is -4.63. The van der Waals surface area contributed by atoms with Gasteiger partial charge in [-0.15, -0.1) is 0 Å². The molecule has 0 aliphatic heterocycles. The highest BCUT2D eigenvalue weighted by Crippen LogP contribution is 2.29. The lowest BCUT2D eigenvalue weighted by molar-refractivity contribution is -0.137. The second-order valence-electron chi connectivity index (χ2n) is 7.05. The summed E-state index contributed by atoms with van der Waals surface area (Å²) in [4.78, 5) is 29.6. The van der Waals surface area contributed by atoms with Crippen LogP contribution in [0.3, 0.4) is 0 Å². The lowest BCUT2D eigenvalue weighted by Crippen LogP contribution is -2.37. The van der Waals surface area contributed by atoms with Crippen LogP contribution in [0.15, 0.2) is 41.2 Å². The zero-order valence-electron chi connectivity index (χ0n) is 17.9. The van der Waals surface area contributed by atoms with Gasteiger partial charge in [0.15, 0.2) is 0 Å². The van der Waals surface area contributed by atoms with Gasteiger partial charge in [-0.3, -0.25) is 24.6 Å². The number of amides is 1. The van der Waals surface area contributed by atoms with Gasteiger partial charge in [0.1, 0.15) is 12.2 Å². The number of carbonyl (C=O) groups is 1. The second-order valence-corrected chi connectivity index (χ2v) is 8.78. The number of sulfonamides is 1. The molecule has 0 spiro atoms. The molecule has 2 rings (SSSR count). The van der Waals surface area contributed by atoms with Crippen molar-refractivity contribution in [2.45, 2.75) is 25.4 Å². The number of halogens is 3. The van der Waals surface area contributed by atoms with E-state index in [0.717, 1.165) is 16.7 Å². The second kappa shape index (κ2) is 11.0. The molecule has 0 fully saturated rings. The summed E-state index contributed by atoms with van der Waals surface area (Å²) in [5.74, 6) is -1.78. The van der Waals surface area contributed by atoms with Crippen molar-refractivity contribution in [3.05, 3.63) is 63.6 Å². The van der Waals surface area contributed by atoms with Gasteiger partial charge in [-0.25, -0.2) is 13.9 Å². The fraction of sp³-hybridized carbons (Fsp3) is 0.316. The third kappa shape index (κ3) is 8.08. The molecule has 0 radical (unpaired) electrons. The summed E-state index contributed by atoms with van der Waals surface area (Å²) in [5.41, 5.74) is 5.19. The normalized spacial score (nSPS) is 11.6. The van der Waals surface area contributed by atoms with Gasteiger partial charge in [0, 0.05) is 12.2 Å². The maximum Gasteiger partial charge on any atom is 0.416 e. The number of pyridine rings is 1. The van der Waals surface area contributed by atoms with Gasteiger partial charge in [0.2, 0.25) is 21.9 Å². The molecular weight excluding hydrogens is 481 g/mol. The molecule has 186 valence electrons. The van der Waals surface area contributed by atoms with Crippen LogP contribution in [0.25, 0.3) is 0 Å². The number of benzene rings is 1.